The second kappa shape index (κ2) is 5.45. The summed E-state index contributed by atoms with van der Waals surface area (Å²) in [6, 6.07) is 6.87. The predicted octanol–water partition coefficient (Wildman–Crippen LogP) is 4.59. The molecule has 3 rings (SSSR count). The van der Waals surface area contributed by atoms with E-state index in [0.717, 1.165) is 23.2 Å². The molecule has 1 N–H and O–H groups in total. The van der Waals surface area contributed by atoms with Crippen LogP contribution in [0.3, 0.4) is 0 Å². The summed E-state index contributed by atoms with van der Waals surface area (Å²) in [5.74, 6) is 1.09. The Bertz CT molecular complexity index is 454. The van der Waals surface area contributed by atoms with Gasteiger partial charge in [-0.25, -0.2) is 0 Å². The van der Waals surface area contributed by atoms with E-state index in [4.69, 9.17) is 4.74 Å². The zero-order chi connectivity index (χ0) is 13.3. The van der Waals surface area contributed by atoms with E-state index in [1.165, 1.54) is 37.7 Å². The topological polar surface area (TPSA) is 21.3 Å². The fraction of sp³-hybridized carbons (Fsp3) is 0.625. The van der Waals surface area contributed by atoms with E-state index in [0.29, 0.717) is 6.04 Å². The van der Waals surface area contributed by atoms with Gasteiger partial charge in [-0.1, -0.05) is 22.9 Å². The van der Waals surface area contributed by atoms with Crippen molar-refractivity contribution in [3.8, 4) is 5.75 Å². The number of hydrogen-bond donors (Lipinski definition) is 1. The fourth-order valence-electron chi connectivity index (χ4n) is 3.47. The molecule has 1 saturated carbocycles. The summed E-state index contributed by atoms with van der Waals surface area (Å²) in [5.41, 5.74) is 1.42. The summed E-state index contributed by atoms with van der Waals surface area (Å²) >= 11 is 3.58. The monoisotopic (exact) mass is 323 g/mol. The van der Waals surface area contributed by atoms with Gasteiger partial charge in [0.05, 0.1) is 0 Å². The molecule has 1 aromatic carbocycles. The molecule has 2 aliphatic rings. The second-order valence-electron chi connectivity index (χ2n) is 5.89. The maximum Gasteiger partial charge on any atom is 0.125 e. The van der Waals surface area contributed by atoms with Gasteiger partial charge in [0.1, 0.15) is 11.4 Å². The van der Waals surface area contributed by atoms with Crippen molar-refractivity contribution in [2.45, 2.75) is 57.1 Å². The zero-order valence-electron chi connectivity index (χ0n) is 11.5. The number of fused-ring (bicyclic) bond motifs is 1. The van der Waals surface area contributed by atoms with Gasteiger partial charge < -0.3 is 10.1 Å². The third kappa shape index (κ3) is 2.68. The third-order valence-electron chi connectivity index (χ3n) is 4.41. The first-order valence-corrected chi connectivity index (χ1v) is 8.24. The summed E-state index contributed by atoms with van der Waals surface area (Å²) in [6.07, 6.45) is 7.35. The van der Waals surface area contributed by atoms with Gasteiger partial charge in [-0.2, -0.15) is 0 Å². The number of benzene rings is 1. The molecule has 0 saturated heterocycles. The molecular formula is C16H22BrNO. The van der Waals surface area contributed by atoms with Gasteiger partial charge in [0, 0.05) is 22.5 Å². The van der Waals surface area contributed by atoms with Crippen LogP contribution in [0.4, 0.5) is 0 Å². The summed E-state index contributed by atoms with van der Waals surface area (Å²) in [7, 11) is 0. The van der Waals surface area contributed by atoms with E-state index in [1.54, 1.807) is 0 Å². The fourth-order valence-corrected chi connectivity index (χ4v) is 3.85. The highest BCUT2D eigenvalue weighted by molar-refractivity contribution is 9.10. The number of ether oxygens (including phenoxy) is 1. The van der Waals surface area contributed by atoms with Crippen molar-refractivity contribution in [1.82, 2.24) is 5.32 Å². The van der Waals surface area contributed by atoms with Crippen LogP contribution >= 0.6 is 15.9 Å². The van der Waals surface area contributed by atoms with Crippen LogP contribution < -0.4 is 10.1 Å². The average molecular weight is 324 g/mol. The molecule has 3 heteroatoms. The van der Waals surface area contributed by atoms with Gasteiger partial charge in [-0.05, 0) is 56.8 Å². The highest BCUT2D eigenvalue weighted by Crippen LogP contribution is 2.47. The van der Waals surface area contributed by atoms with Crippen molar-refractivity contribution in [1.29, 1.82) is 0 Å². The maximum atomic E-state index is 6.38. The zero-order valence-corrected chi connectivity index (χ0v) is 13.1. The van der Waals surface area contributed by atoms with Crippen LogP contribution in [0.15, 0.2) is 22.7 Å². The van der Waals surface area contributed by atoms with Crippen LogP contribution in [0, 0.1) is 0 Å². The Morgan fingerprint density at radius 1 is 1.37 bits per heavy atom. The molecule has 0 amide bonds. The summed E-state index contributed by atoms with van der Waals surface area (Å²) in [6.45, 7) is 3.30. The Balaban J connectivity index is 1.91. The van der Waals surface area contributed by atoms with Gasteiger partial charge in [0.25, 0.3) is 0 Å². The second-order valence-corrected chi connectivity index (χ2v) is 6.80. The molecule has 1 spiro atoms. The lowest BCUT2D eigenvalue weighted by Crippen LogP contribution is -2.42. The molecule has 1 aromatic rings. The van der Waals surface area contributed by atoms with Crippen molar-refractivity contribution >= 4 is 15.9 Å². The molecule has 1 atom stereocenters. The molecule has 19 heavy (non-hydrogen) atoms. The van der Waals surface area contributed by atoms with Crippen molar-refractivity contribution in [3.05, 3.63) is 28.2 Å². The van der Waals surface area contributed by atoms with Gasteiger partial charge in [0.15, 0.2) is 0 Å². The molecule has 2 nitrogen and oxygen atoms in total. The van der Waals surface area contributed by atoms with E-state index in [2.05, 4.69) is 46.4 Å². The lowest BCUT2D eigenvalue weighted by atomic mass is 9.86. The number of halogens is 1. The molecule has 1 fully saturated rings. The van der Waals surface area contributed by atoms with Crippen LogP contribution in [0.1, 0.15) is 57.1 Å². The molecule has 0 aromatic heterocycles. The van der Waals surface area contributed by atoms with E-state index in [-0.39, 0.29) is 5.60 Å². The molecular weight excluding hydrogens is 302 g/mol. The quantitative estimate of drug-likeness (QED) is 0.878. The Kier molecular flexibility index (Phi) is 3.86. The predicted molar refractivity (Wildman–Crippen MR) is 81.6 cm³/mol. The Morgan fingerprint density at radius 3 is 2.89 bits per heavy atom. The van der Waals surface area contributed by atoms with Crippen molar-refractivity contribution in [3.63, 3.8) is 0 Å². The minimum absolute atomic E-state index is 0.103. The minimum Gasteiger partial charge on any atom is -0.487 e. The Morgan fingerprint density at radius 2 is 2.16 bits per heavy atom. The van der Waals surface area contributed by atoms with E-state index in [1.807, 2.05) is 0 Å². The highest BCUT2D eigenvalue weighted by atomic mass is 79.9. The molecule has 0 radical (unpaired) electrons. The first-order valence-electron chi connectivity index (χ1n) is 7.44. The Labute approximate surface area is 124 Å². The normalized spacial score (nSPS) is 24.2. The van der Waals surface area contributed by atoms with Crippen molar-refractivity contribution < 1.29 is 4.74 Å². The van der Waals surface area contributed by atoms with Crippen molar-refractivity contribution in [2.75, 3.05) is 6.54 Å². The van der Waals surface area contributed by atoms with Gasteiger partial charge in [-0.3, -0.25) is 0 Å². The van der Waals surface area contributed by atoms with Crippen LogP contribution in [0.2, 0.25) is 0 Å². The lowest BCUT2D eigenvalue weighted by molar-refractivity contribution is 0.0368. The van der Waals surface area contributed by atoms with E-state index < -0.39 is 0 Å². The van der Waals surface area contributed by atoms with Gasteiger partial charge in [0.2, 0.25) is 0 Å². The average Bonchev–Trinajstić information content (AvgIpc) is 2.85. The largest absolute Gasteiger partial charge is 0.487 e. The van der Waals surface area contributed by atoms with Crippen LogP contribution in [-0.4, -0.2) is 12.1 Å². The standard InChI is InChI=1S/C16H22BrNO/c1-2-9-18-14-11-16(7-3-4-8-16)19-15-6-5-12(17)10-13(14)15/h5-6,10,14,18H,2-4,7-9,11H2,1H3. The SMILES string of the molecule is CCCNC1CC2(CCCC2)Oc2ccc(Br)cc21. The van der Waals surface area contributed by atoms with E-state index >= 15 is 0 Å². The lowest BCUT2D eigenvalue weighted by Gasteiger charge is -2.40. The summed E-state index contributed by atoms with van der Waals surface area (Å²) < 4.78 is 7.52. The first kappa shape index (κ1) is 13.4. The molecule has 1 aliphatic heterocycles. The van der Waals surface area contributed by atoms with Gasteiger partial charge in [-0.15, -0.1) is 0 Å². The smallest absolute Gasteiger partial charge is 0.125 e. The van der Waals surface area contributed by atoms with Crippen LogP contribution in [0.25, 0.3) is 0 Å². The molecule has 1 heterocycles. The number of rotatable bonds is 3. The van der Waals surface area contributed by atoms with E-state index in [9.17, 15) is 0 Å². The highest BCUT2D eigenvalue weighted by Gasteiger charge is 2.42. The van der Waals surface area contributed by atoms with Crippen molar-refractivity contribution in [2.24, 2.45) is 0 Å². The van der Waals surface area contributed by atoms with Crippen LogP contribution in [-0.2, 0) is 0 Å². The molecule has 1 aliphatic carbocycles. The maximum absolute atomic E-state index is 6.38. The first-order chi connectivity index (χ1) is 9.22. The number of hydrogen-bond acceptors (Lipinski definition) is 2. The Hall–Kier alpha value is -0.540. The molecule has 1 unspecified atom stereocenters. The van der Waals surface area contributed by atoms with Crippen LogP contribution in [0.5, 0.6) is 5.75 Å². The number of nitrogens with one attached hydrogen (secondary N) is 1. The molecule has 104 valence electrons. The minimum atomic E-state index is 0.103. The summed E-state index contributed by atoms with van der Waals surface area (Å²) in [4.78, 5) is 0. The molecule has 0 bridgehead atoms. The third-order valence-corrected chi connectivity index (χ3v) is 4.90. The summed E-state index contributed by atoms with van der Waals surface area (Å²) in [5, 5.41) is 3.71. The van der Waals surface area contributed by atoms with Gasteiger partial charge >= 0.3 is 0 Å².